The van der Waals surface area contributed by atoms with Crippen molar-refractivity contribution in [3.63, 3.8) is 0 Å². The molecule has 1 amide bonds. The minimum Gasteiger partial charge on any atom is -0.490 e. The monoisotopic (exact) mass is 542 g/mol. The lowest BCUT2D eigenvalue weighted by atomic mass is 10.1. The van der Waals surface area contributed by atoms with E-state index in [9.17, 15) is 9.59 Å². The fourth-order valence-corrected chi connectivity index (χ4v) is 3.75. The van der Waals surface area contributed by atoms with Crippen LogP contribution in [0.1, 0.15) is 48.2 Å². The van der Waals surface area contributed by atoms with Gasteiger partial charge < -0.3 is 14.2 Å². The van der Waals surface area contributed by atoms with Crippen LogP contribution in [0.3, 0.4) is 0 Å². The first-order valence-corrected chi connectivity index (χ1v) is 12.6. The van der Waals surface area contributed by atoms with Crippen molar-refractivity contribution < 1.29 is 23.8 Å². The molecule has 0 bridgehead atoms. The van der Waals surface area contributed by atoms with Crippen LogP contribution in [0.4, 0.5) is 0 Å². The second kappa shape index (κ2) is 14.3. The number of ether oxygens (including phenoxy) is 3. The lowest BCUT2D eigenvalue weighted by molar-refractivity contribution is -0.123. The molecule has 0 unspecified atom stereocenters. The van der Waals surface area contributed by atoms with Gasteiger partial charge in [0.2, 0.25) is 0 Å². The third-order valence-corrected chi connectivity index (χ3v) is 5.68. The van der Waals surface area contributed by atoms with E-state index in [-0.39, 0.29) is 22.9 Å². The van der Waals surface area contributed by atoms with Crippen LogP contribution < -0.4 is 19.6 Å². The van der Waals surface area contributed by atoms with Crippen LogP contribution >= 0.6 is 23.2 Å². The number of carbonyl (C=O) groups excluding carboxylic acids is 2. The number of hydrogen-bond acceptors (Lipinski definition) is 6. The highest BCUT2D eigenvalue weighted by Crippen LogP contribution is 2.30. The number of amides is 1. The van der Waals surface area contributed by atoms with Crippen molar-refractivity contribution in [3.8, 4) is 17.2 Å². The number of rotatable bonds is 12. The van der Waals surface area contributed by atoms with Crippen LogP contribution in [-0.4, -0.2) is 31.3 Å². The number of halogens is 2. The molecule has 0 fully saturated rings. The molecule has 9 heteroatoms. The quantitative estimate of drug-likeness (QED) is 0.122. The lowest BCUT2D eigenvalue weighted by Crippen LogP contribution is -2.24. The molecule has 7 nitrogen and oxygen atoms in total. The number of hydrazone groups is 1. The molecule has 0 heterocycles. The largest absolute Gasteiger partial charge is 0.490 e. The Labute approximate surface area is 226 Å². The standard InChI is InChI=1S/C28H28Cl2N2O5/c1-3-5-6-19-7-11-22(12-8-19)36-18-27(33)32-31-17-20-9-14-25(26(15-20)35-4-2)37-28(34)23-13-10-21(29)16-24(23)30/h7-17H,3-6,18H2,1-2H3,(H,32,33)/b31-17+. The van der Waals surface area contributed by atoms with Gasteiger partial charge in [-0.05, 0) is 79.4 Å². The van der Waals surface area contributed by atoms with Gasteiger partial charge in [0.15, 0.2) is 18.1 Å². The average Bonchev–Trinajstić information content (AvgIpc) is 2.88. The second-order valence-corrected chi connectivity index (χ2v) is 8.83. The summed E-state index contributed by atoms with van der Waals surface area (Å²) in [5.41, 5.74) is 4.46. The van der Waals surface area contributed by atoms with Crippen molar-refractivity contribution in [1.29, 1.82) is 0 Å². The molecule has 0 saturated heterocycles. The van der Waals surface area contributed by atoms with Crippen LogP contribution in [0.5, 0.6) is 17.2 Å². The smallest absolute Gasteiger partial charge is 0.345 e. The van der Waals surface area contributed by atoms with Crippen molar-refractivity contribution >= 4 is 41.3 Å². The molecule has 0 radical (unpaired) electrons. The van der Waals surface area contributed by atoms with Gasteiger partial charge in [-0.25, -0.2) is 10.2 Å². The molecule has 0 aliphatic carbocycles. The fourth-order valence-electron chi connectivity index (χ4n) is 3.26. The van der Waals surface area contributed by atoms with Crippen molar-refractivity contribution in [2.75, 3.05) is 13.2 Å². The van der Waals surface area contributed by atoms with Gasteiger partial charge in [0.25, 0.3) is 5.91 Å². The molecular formula is C28H28Cl2N2O5. The fraction of sp³-hybridized carbons (Fsp3) is 0.250. The Morgan fingerprint density at radius 2 is 1.73 bits per heavy atom. The van der Waals surface area contributed by atoms with E-state index in [1.165, 1.54) is 23.9 Å². The molecule has 0 spiro atoms. The Bertz CT molecular complexity index is 1250. The van der Waals surface area contributed by atoms with E-state index in [0.29, 0.717) is 28.7 Å². The molecule has 0 aliphatic rings. The highest BCUT2D eigenvalue weighted by molar-refractivity contribution is 6.36. The molecule has 0 saturated carbocycles. The third kappa shape index (κ3) is 8.81. The molecule has 37 heavy (non-hydrogen) atoms. The zero-order valence-electron chi connectivity index (χ0n) is 20.6. The minimum absolute atomic E-state index is 0.169. The van der Waals surface area contributed by atoms with Crippen LogP contribution in [0.25, 0.3) is 0 Å². The van der Waals surface area contributed by atoms with Crippen LogP contribution in [-0.2, 0) is 11.2 Å². The predicted octanol–water partition coefficient (Wildman–Crippen LogP) is 6.48. The first kappa shape index (κ1) is 28.0. The molecular weight excluding hydrogens is 515 g/mol. The zero-order chi connectivity index (χ0) is 26.6. The summed E-state index contributed by atoms with van der Waals surface area (Å²) in [5, 5.41) is 4.56. The number of benzene rings is 3. The average molecular weight is 543 g/mol. The third-order valence-electron chi connectivity index (χ3n) is 5.14. The van der Waals surface area contributed by atoms with Crippen molar-refractivity contribution in [2.45, 2.75) is 33.1 Å². The SMILES string of the molecule is CCCCc1ccc(OCC(=O)N/N=C/c2ccc(OC(=O)c3ccc(Cl)cc3Cl)c(OCC)c2)cc1. The van der Waals surface area contributed by atoms with Gasteiger partial charge in [0, 0.05) is 5.02 Å². The summed E-state index contributed by atoms with van der Waals surface area (Å²) in [6.45, 7) is 4.14. The number of hydrogen-bond donors (Lipinski definition) is 1. The summed E-state index contributed by atoms with van der Waals surface area (Å²) in [7, 11) is 0. The number of aryl methyl sites for hydroxylation is 1. The molecule has 3 aromatic rings. The van der Waals surface area contributed by atoms with Crippen molar-refractivity contribution in [2.24, 2.45) is 5.10 Å². The molecule has 194 valence electrons. The van der Waals surface area contributed by atoms with Crippen LogP contribution in [0.15, 0.2) is 65.8 Å². The second-order valence-electron chi connectivity index (χ2n) is 7.98. The van der Waals surface area contributed by atoms with E-state index in [2.05, 4.69) is 17.5 Å². The summed E-state index contributed by atoms with van der Waals surface area (Å²) in [6, 6.07) is 17.1. The maximum Gasteiger partial charge on any atom is 0.345 e. The summed E-state index contributed by atoms with van der Waals surface area (Å²) in [4.78, 5) is 24.7. The summed E-state index contributed by atoms with van der Waals surface area (Å²) in [5.74, 6) is 0.120. The summed E-state index contributed by atoms with van der Waals surface area (Å²) in [6.07, 6.45) is 4.75. The molecule has 1 N–H and O–H groups in total. The van der Waals surface area contributed by atoms with Gasteiger partial charge in [-0.15, -0.1) is 0 Å². The maximum absolute atomic E-state index is 12.6. The van der Waals surface area contributed by atoms with Crippen LogP contribution in [0.2, 0.25) is 10.0 Å². The highest BCUT2D eigenvalue weighted by Gasteiger charge is 2.16. The van der Waals surface area contributed by atoms with Gasteiger partial charge in [-0.1, -0.05) is 48.7 Å². The number of nitrogens with zero attached hydrogens (tertiary/aromatic N) is 1. The number of esters is 1. The predicted molar refractivity (Wildman–Crippen MR) is 145 cm³/mol. The van der Waals surface area contributed by atoms with Gasteiger partial charge in [-0.2, -0.15) is 5.10 Å². The topological polar surface area (TPSA) is 86.2 Å². The van der Waals surface area contributed by atoms with E-state index in [0.717, 1.165) is 19.3 Å². The Hall–Kier alpha value is -3.55. The zero-order valence-corrected chi connectivity index (χ0v) is 22.1. The van der Waals surface area contributed by atoms with Crippen molar-refractivity contribution in [1.82, 2.24) is 5.43 Å². The van der Waals surface area contributed by atoms with E-state index >= 15 is 0 Å². The van der Waals surface area contributed by atoms with E-state index in [4.69, 9.17) is 37.4 Å². The van der Waals surface area contributed by atoms with E-state index in [1.54, 1.807) is 31.2 Å². The Balaban J connectivity index is 1.55. The van der Waals surface area contributed by atoms with Gasteiger partial charge in [0.05, 0.1) is 23.4 Å². The Morgan fingerprint density at radius 1 is 0.946 bits per heavy atom. The number of nitrogens with one attached hydrogen (secondary N) is 1. The summed E-state index contributed by atoms with van der Waals surface area (Å²) < 4.78 is 16.6. The van der Waals surface area contributed by atoms with Crippen molar-refractivity contribution in [3.05, 3.63) is 87.4 Å². The molecule has 0 aromatic heterocycles. The van der Waals surface area contributed by atoms with Crippen LogP contribution in [0, 0.1) is 0 Å². The Morgan fingerprint density at radius 3 is 2.43 bits per heavy atom. The first-order valence-electron chi connectivity index (χ1n) is 11.9. The highest BCUT2D eigenvalue weighted by atomic mass is 35.5. The molecule has 0 atom stereocenters. The molecule has 3 rings (SSSR count). The normalized spacial score (nSPS) is 10.8. The summed E-state index contributed by atoms with van der Waals surface area (Å²) >= 11 is 12.0. The van der Waals surface area contributed by atoms with Gasteiger partial charge >= 0.3 is 5.97 Å². The van der Waals surface area contributed by atoms with E-state index in [1.807, 2.05) is 24.3 Å². The number of carbonyl (C=O) groups is 2. The minimum atomic E-state index is -0.646. The van der Waals surface area contributed by atoms with Gasteiger partial charge in [-0.3, -0.25) is 4.79 Å². The number of unbranched alkanes of at least 4 members (excludes halogenated alkanes) is 1. The van der Waals surface area contributed by atoms with E-state index < -0.39 is 11.9 Å². The maximum atomic E-state index is 12.6. The molecule has 3 aromatic carbocycles. The molecule has 0 aliphatic heterocycles. The first-order chi connectivity index (χ1) is 17.9. The lowest BCUT2D eigenvalue weighted by Gasteiger charge is -2.12. The Kier molecular flexibility index (Phi) is 10.8. The van der Waals surface area contributed by atoms with Gasteiger partial charge in [0.1, 0.15) is 5.75 Å².